The molecule has 2 aliphatic rings. The van der Waals surface area contributed by atoms with Crippen LogP contribution in [0.1, 0.15) is 44.2 Å². The van der Waals surface area contributed by atoms with Crippen molar-refractivity contribution in [3.63, 3.8) is 0 Å². The van der Waals surface area contributed by atoms with Crippen molar-refractivity contribution in [1.82, 2.24) is 10.0 Å². The molecule has 1 fully saturated rings. The van der Waals surface area contributed by atoms with Gasteiger partial charge in [0, 0.05) is 43.1 Å². The molecule has 4 heteroatoms. The lowest BCUT2D eigenvalue weighted by Gasteiger charge is -2.44. The second kappa shape index (κ2) is 7.68. The van der Waals surface area contributed by atoms with Crippen molar-refractivity contribution < 1.29 is 9.57 Å². The van der Waals surface area contributed by atoms with Gasteiger partial charge in [-0.2, -0.15) is 5.06 Å². The number of pyridine rings is 1. The summed E-state index contributed by atoms with van der Waals surface area (Å²) in [7, 11) is 0. The van der Waals surface area contributed by atoms with Crippen molar-refractivity contribution in [3.8, 4) is 16.9 Å². The minimum Gasteiger partial charge on any atom is -0.487 e. The van der Waals surface area contributed by atoms with Crippen LogP contribution in [0.2, 0.25) is 0 Å². The highest BCUT2D eigenvalue weighted by molar-refractivity contribution is 5.88. The summed E-state index contributed by atoms with van der Waals surface area (Å²) in [6.45, 7) is 8.24. The molecule has 0 amide bonds. The van der Waals surface area contributed by atoms with Gasteiger partial charge >= 0.3 is 0 Å². The van der Waals surface area contributed by atoms with Crippen LogP contribution in [0.4, 0.5) is 0 Å². The van der Waals surface area contributed by atoms with Crippen molar-refractivity contribution >= 4 is 10.9 Å². The quantitative estimate of drug-likeness (QED) is 0.562. The molecule has 0 bridgehead atoms. The summed E-state index contributed by atoms with van der Waals surface area (Å²) in [5.74, 6) is 1.05. The number of hydroxylamine groups is 2. The lowest BCUT2D eigenvalue weighted by atomic mass is 9.83. The minimum atomic E-state index is -0.0359. The maximum atomic E-state index is 6.61. The monoisotopic (exact) mass is 402 g/mol. The van der Waals surface area contributed by atoms with E-state index in [0.717, 1.165) is 50.0 Å². The van der Waals surface area contributed by atoms with Gasteiger partial charge in [0.2, 0.25) is 0 Å². The van der Waals surface area contributed by atoms with Crippen molar-refractivity contribution in [2.24, 2.45) is 0 Å². The average Bonchev–Trinajstić information content (AvgIpc) is 2.75. The largest absolute Gasteiger partial charge is 0.487 e. The number of nitrogens with zero attached hydrogens (tertiary/aromatic N) is 2. The zero-order valence-corrected chi connectivity index (χ0v) is 18.1. The normalized spacial score (nSPS) is 18.5. The summed E-state index contributed by atoms with van der Waals surface area (Å²) in [6, 6.07) is 15.0. The summed E-state index contributed by atoms with van der Waals surface area (Å²) >= 11 is 0. The second-order valence-electron chi connectivity index (χ2n) is 9.00. The minimum absolute atomic E-state index is 0.0359. The third kappa shape index (κ3) is 3.59. The number of rotatable bonds is 3. The standard InChI is InChI=1S/C26H30N2O2/c1-18(2)30-28-14-12-26(13-15-28)11-10-21-16-20(8-9-25(21)29-26)23-17-27-24-7-5-4-6-22(24)19(23)3/h4-9,16-18H,10-15H2,1-3H3. The predicted octanol–water partition coefficient (Wildman–Crippen LogP) is 5.71. The zero-order valence-electron chi connectivity index (χ0n) is 18.1. The van der Waals surface area contributed by atoms with Gasteiger partial charge in [-0.25, -0.2) is 0 Å². The summed E-state index contributed by atoms with van der Waals surface area (Å²) in [6.07, 6.45) is 6.43. The number of hydrogen-bond donors (Lipinski definition) is 0. The van der Waals surface area contributed by atoms with Gasteiger partial charge in [-0.1, -0.05) is 24.3 Å². The molecule has 2 aromatic carbocycles. The first kappa shape index (κ1) is 19.5. The van der Waals surface area contributed by atoms with Crippen molar-refractivity contribution in [2.45, 2.75) is 58.2 Å². The van der Waals surface area contributed by atoms with Gasteiger partial charge in [0.05, 0.1) is 11.6 Å². The third-order valence-electron chi connectivity index (χ3n) is 6.59. The van der Waals surface area contributed by atoms with Gasteiger partial charge in [-0.05, 0) is 68.5 Å². The highest BCUT2D eigenvalue weighted by atomic mass is 16.7. The molecule has 5 rings (SSSR count). The van der Waals surface area contributed by atoms with E-state index in [1.807, 2.05) is 12.3 Å². The summed E-state index contributed by atoms with van der Waals surface area (Å²) in [5, 5.41) is 3.33. The van der Waals surface area contributed by atoms with Gasteiger partial charge in [0.1, 0.15) is 11.4 Å². The van der Waals surface area contributed by atoms with E-state index in [2.05, 4.69) is 67.2 Å². The molecule has 4 nitrogen and oxygen atoms in total. The second-order valence-corrected chi connectivity index (χ2v) is 9.00. The smallest absolute Gasteiger partial charge is 0.123 e. The first-order valence-electron chi connectivity index (χ1n) is 11.1. The topological polar surface area (TPSA) is 34.6 Å². The SMILES string of the molecule is Cc1c(-c2ccc3c(c2)CCC2(CCN(OC(C)C)CC2)O3)cnc2ccccc12. The van der Waals surface area contributed by atoms with Crippen LogP contribution in [0.15, 0.2) is 48.7 Å². The molecule has 3 heterocycles. The number of ether oxygens (including phenoxy) is 1. The number of aryl methyl sites for hydroxylation is 2. The van der Waals surface area contributed by atoms with Crippen LogP contribution in [0, 0.1) is 6.92 Å². The Morgan fingerprint density at radius 1 is 1.07 bits per heavy atom. The van der Waals surface area contributed by atoms with Crippen LogP contribution < -0.4 is 4.74 Å². The summed E-state index contributed by atoms with van der Waals surface area (Å²) in [4.78, 5) is 10.6. The highest BCUT2D eigenvalue weighted by Crippen LogP contribution is 2.41. The number of benzene rings is 2. The average molecular weight is 403 g/mol. The van der Waals surface area contributed by atoms with E-state index < -0.39 is 0 Å². The van der Waals surface area contributed by atoms with Crippen LogP contribution in [0.25, 0.3) is 22.0 Å². The number of hydrogen-bond acceptors (Lipinski definition) is 4. The van der Waals surface area contributed by atoms with E-state index in [-0.39, 0.29) is 11.7 Å². The molecule has 30 heavy (non-hydrogen) atoms. The van der Waals surface area contributed by atoms with E-state index in [1.165, 1.54) is 27.6 Å². The van der Waals surface area contributed by atoms with Crippen LogP contribution in [-0.4, -0.2) is 34.8 Å². The first-order valence-corrected chi connectivity index (χ1v) is 11.1. The molecule has 1 aromatic heterocycles. The Labute approximate surface area is 178 Å². The molecule has 0 N–H and O–H groups in total. The summed E-state index contributed by atoms with van der Waals surface area (Å²) in [5.41, 5.74) is 6.04. The number of para-hydroxylation sites is 1. The van der Waals surface area contributed by atoms with Crippen molar-refractivity contribution in [3.05, 3.63) is 59.8 Å². The fourth-order valence-corrected chi connectivity index (χ4v) is 4.91. The molecule has 1 spiro atoms. The molecule has 0 aliphatic carbocycles. The van der Waals surface area contributed by atoms with Gasteiger partial charge < -0.3 is 4.74 Å². The molecule has 0 atom stereocenters. The van der Waals surface area contributed by atoms with Crippen LogP contribution >= 0.6 is 0 Å². The number of aromatic nitrogens is 1. The maximum Gasteiger partial charge on any atom is 0.123 e. The molecule has 2 aliphatic heterocycles. The van der Waals surface area contributed by atoms with E-state index in [1.54, 1.807) is 0 Å². The molecule has 3 aromatic rings. The molecule has 0 radical (unpaired) electrons. The Hall–Kier alpha value is -2.43. The molecule has 0 saturated carbocycles. The zero-order chi connectivity index (χ0) is 20.7. The van der Waals surface area contributed by atoms with Crippen molar-refractivity contribution in [1.29, 1.82) is 0 Å². The van der Waals surface area contributed by atoms with E-state index in [4.69, 9.17) is 9.57 Å². The molecular formula is C26H30N2O2. The fourth-order valence-electron chi connectivity index (χ4n) is 4.91. The number of fused-ring (bicyclic) bond motifs is 2. The molecule has 0 unspecified atom stereocenters. The first-order chi connectivity index (χ1) is 14.5. The van der Waals surface area contributed by atoms with E-state index >= 15 is 0 Å². The Balaban J connectivity index is 1.38. The molecule has 1 saturated heterocycles. The molecule has 156 valence electrons. The lowest BCUT2D eigenvalue weighted by Crippen LogP contribution is -2.50. The van der Waals surface area contributed by atoms with E-state index in [9.17, 15) is 0 Å². The van der Waals surface area contributed by atoms with Gasteiger partial charge in [0.15, 0.2) is 0 Å². The van der Waals surface area contributed by atoms with Crippen LogP contribution in [-0.2, 0) is 11.3 Å². The fraction of sp³-hybridized carbons (Fsp3) is 0.423. The maximum absolute atomic E-state index is 6.61. The lowest BCUT2D eigenvalue weighted by molar-refractivity contribution is -0.214. The van der Waals surface area contributed by atoms with Crippen LogP contribution in [0.5, 0.6) is 5.75 Å². The molecular weight excluding hydrogens is 372 g/mol. The van der Waals surface area contributed by atoms with Crippen LogP contribution in [0.3, 0.4) is 0 Å². The number of piperidine rings is 1. The highest BCUT2D eigenvalue weighted by Gasteiger charge is 2.40. The Bertz CT molecular complexity index is 1070. The Kier molecular flexibility index (Phi) is 5.00. The Morgan fingerprint density at radius 2 is 1.87 bits per heavy atom. The summed E-state index contributed by atoms with van der Waals surface area (Å²) < 4.78 is 6.61. The third-order valence-corrected chi connectivity index (χ3v) is 6.59. The van der Waals surface area contributed by atoms with Crippen molar-refractivity contribution in [2.75, 3.05) is 13.1 Å². The predicted molar refractivity (Wildman–Crippen MR) is 121 cm³/mol. The van der Waals surface area contributed by atoms with E-state index in [0.29, 0.717) is 0 Å². The van der Waals surface area contributed by atoms with Gasteiger partial charge in [-0.3, -0.25) is 9.82 Å². The van der Waals surface area contributed by atoms with Gasteiger partial charge in [-0.15, -0.1) is 0 Å². The Morgan fingerprint density at radius 3 is 2.67 bits per heavy atom. The van der Waals surface area contributed by atoms with Gasteiger partial charge in [0.25, 0.3) is 0 Å².